The zero-order valence-corrected chi connectivity index (χ0v) is 11.3. The molecule has 1 heterocycles. The topological polar surface area (TPSA) is 72.6 Å². The second-order valence-corrected chi connectivity index (χ2v) is 4.50. The molecule has 2 atom stereocenters. The Morgan fingerprint density at radius 1 is 1.50 bits per heavy atom. The average molecular weight is 254 g/mol. The zero-order chi connectivity index (χ0) is 13.7. The van der Waals surface area contributed by atoms with Crippen LogP contribution in [0.4, 0.5) is 0 Å². The monoisotopic (exact) mass is 254 g/mol. The fourth-order valence-corrected chi connectivity index (χ4v) is 2.18. The molecule has 2 unspecified atom stereocenters. The van der Waals surface area contributed by atoms with Crippen LogP contribution in [0.2, 0.25) is 0 Å². The Labute approximate surface area is 108 Å². The minimum absolute atomic E-state index is 0.289. The standard InChI is InChI=1S/C13H22N2O3/c1-4-6-9(14)13(17)15-10(7-5-2)11(18-3)8-12(15)16/h8-10H,4-7,14H2,1-3H3. The Morgan fingerprint density at radius 3 is 2.67 bits per heavy atom. The van der Waals surface area contributed by atoms with Crippen molar-refractivity contribution in [3.63, 3.8) is 0 Å². The lowest BCUT2D eigenvalue weighted by atomic mass is 10.1. The minimum Gasteiger partial charge on any atom is -0.499 e. The number of rotatable bonds is 6. The molecule has 2 amide bonds. The minimum atomic E-state index is -0.608. The molecule has 5 heteroatoms. The van der Waals surface area contributed by atoms with Crippen LogP contribution in [0.1, 0.15) is 39.5 Å². The first-order valence-electron chi connectivity index (χ1n) is 6.44. The Balaban J connectivity index is 2.86. The summed E-state index contributed by atoms with van der Waals surface area (Å²) in [6, 6.07) is -0.897. The molecule has 1 aliphatic rings. The van der Waals surface area contributed by atoms with E-state index in [1.165, 1.54) is 18.1 Å². The third kappa shape index (κ3) is 2.90. The summed E-state index contributed by atoms with van der Waals surface area (Å²) in [6.45, 7) is 3.96. The average Bonchev–Trinajstić information content (AvgIpc) is 2.65. The van der Waals surface area contributed by atoms with Gasteiger partial charge in [0.05, 0.1) is 19.2 Å². The molecule has 1 rings (SSSR count). The summed E-state index contributed by atoms with van der Waals surface area (Å²) in [5, 5.41) is 0. The highest BCUT2D eigenvalue weighted by Gasteiger charge is 2.39. The summed E-state index contributed by atoms with van der Waals surface area (Å²) >= 11 is 0. The molecule has 0 saturated heterocycles. The highest BCUT2D eigenvalue weighted by atomic mass is 16.5. The molecule has 0 aromatic carbocycles. The number of nitrogens with zero attached hydrogens (tertiary/aromatic N) is 1. The molecule has 2 N–H and O–H groups in total. The summed E-state index contributed by atoms with van der Waals surface area (Å²) in [7, 11) is 1.52. The van der Waals surface area contributed by atoms with Gasteiger partial charge < -0.3 is 10.5 Å². The third-order valence-electron chi connectivity index (χ3n) is 3.10. The second-order valence-electron chi connectivity index (χ2n) is 4.50. The molecule has 5 nitrogen and oxygen atoms in total. The van der Waals surface area contributed by atoms with Crippen molar-refractivity contribution in [2.75, 3.05) is 7.11 Å². The van der Waals surface area contributed by atoms with Crippen molar-refractivity contribution < 1.29 is 14.3 Å². The van der Waals surface area contributed by atoms with Crippen LogP contribution in [0.25, 0.3) is 0 Å². The van der Waals surface area contributed by atoms with Crippen molar-refractivity contribution in [2.24, 2.45) is 5.73 Å². The van der Waals surface area contributed by atoms with Gasteiger partial charge in [-0.1, -0.05) is 26.7 Å². The highest BCUT2D eigenvalue weighted by Crippen LogP contribution is 2.25. The van der Waals surface area contributed by atoms with Crippen LogP contribution >= 0.6 is 0 Å². The smallest absolute Gasteiger partial charge is 0.257 e. The van der Waals surface area contributed by atoms with Crippen LogP contribution in [0.5, 0.6) is 0 Å². The lowest BCUT2D eigenvalue weighted by Crippen LogP contribution is -2.49. The summed E-state index contributed by atoms with van der Waals surface area (Å²) in [6.07, 6.45) is 4.36. The van der Waals surface area contributed by atoms with E-state index in [2.05, 4.69) is 0 Å². The van der Waals surface area contributed by atoms with Crippen molar-refractivity contribution in [1.29, 1.82) is 0 Å². The maximum Gasteiger partial charge on any atom is 0.257 e. The molecule has 0 aromatic rings. The van der Waals surface area contributed by atoms with Crippen LogP contribution in [0.3, 0.4) is 0 Å². The van der Waals surface area contributed by atoms with Crippen molar-refractivity contribution in [2.45, 2.75) is 51.6 Å². The fourth-order valence-electron chi connectivity index (χ4n) is 2.18. The Bertz CT molecular complexity index is 352. The van der Waals surface area contributed by atoms with Crippen molar-refractivity contribution in [3.8, 4) is 0 Å². The van der Waals surface area contributed by atoms with Gasteiger partial charge in [-0.05, 0) is 12.8 Å². The SMILES string of the molecule is CCCC(N)C(=O)N1C(=O)C=C(OC)C1CCC. The predicted molar refractivity (Wildman–Crippen MR) is 68.5 cm³/mol. The molecule has 1 aliphatic heterocycles. The van der Waals surface area contributed by atoms with Crippen molar-refractivity contribution in [3.05, 3.63) is 11.8 Å². The van der Waals surface area contributed by atoms with Crippen LogP contribution in [0.15, 0.2) is 11.8 Å². The van der Waals surface area contributed by atoms with E-state index in [0.717, 1.165) is 12.8 Å². The zero-order valence-electron chi connectivity index (χ0n) is 11.3. The molecular formula is C13H22N2O3. The van der Waals surface area contributed by atoms with Gasteiger partial charge >= 0.3 is 0 Å². The van der Waals surface area contributed by atoms with Crippen LogP contribution in [0, 0.1) is 0 Å². The summed E-state index contributed by atoms with van der Waals surface area (Å²) in [4.78, 5) is 25.3. The molecule has 0 saturated carbocycles. The van der Waals surface area contributed by atoms with Gasteiger partial charge in [-0.3, -0.25) is 14.5 Å². The largest absolute Gasteiger partial charge is 0.499 e. The maximum atomic E-state index is 12.2. The van der Waals surface area contributed by atoms with Gasteiger partial charge in [0.2, 0.25) is 5.91 Å². The number of hydrogen-bond donors (Lipinski definition) is 1. The molecule has 0 fully saturated rings. The molecule has 0 bridgehead atoms. The van der Waals surface area contributed by atoms with Gasteiger partial charge in [0.1, 0.15) is 5.76 Å². The van der Waals surface area contributed by atoms with E-state index in [9.17, 15) is 9.59 Å². The summed E-state index contributed by atoms with van der Waals surface area (Å²) < 4.78 is 5.17. The number of carbonyl (C=O) groups excluding carboxylic acids is 2. The second kappa shape index (κ2) is 6.54. The first kappa shape index (κ1) is 14.7. The molecule has 0 aliphatic carbocycles. The van der Waals surface area contributed by atoms with E-state index in [-0.39, 0.29) is 17.9 Å². The van der Waals surface area contributed by atoms with Crippen LogP contribution < -0.4 is 5.73 Å². The van der Waals surface area contributed by atoms with E-state index in [4.69, 9.17) is 10.5 Å². The third-order valence-corrected chi connectivity index (χ3v) is 3.10. The molecule has 0 aromatic heterocycles. The fraction of sp³-hybridized carbons (Fsp3) is 0.692. The first-order chi connectivity index (χ1) is 8.56. The van der Waals surface area contributed by atoms with Gasteiger partial charge in [0, 0.05) is 6.08 Å². The van der Waals surface area contributed by atoms with Gasteiger partial charge in [-0.15, -0.1) is 0 Å². The number of imide groups is 1. The van der Waals surface area contributed by atoms with Crippen molar-refractivity contribution in [1.82, 2.24) is 4.90 Å². The van der Waals surface area contributed by atoms with Gasteiger partial charge in [0.25, 0.3) is 5.91 Å². The number of nitrogens with two attached hydrogens (primary N) is 1. The van der Waals surface area contributed by atoms with E-state index >= 15 is 0 Å². The summed E-state index contributed by atoms with van der Waals surface area (Å²) in [5.41, 5.74) is 5.81. The molecule has 0 spiro atoms. The lowest BCUT2D eigenvalue weighted by molar-refractivity contribution is -0.144. The van der Waals surface area contributed by atoms with E-state index in [0.29, 0.717) is 18.6 Å². The van der Waals surface area contributed by atoms with E-state index in [1.54, 1.807) is 0 Å². The van der Waals surface area contributed by atoms with Gasteiger partial charge in [-0.25, -0.2) is 0 Å². The molecule has 18 heavy (non-hydrogen) atoms. The maximum absolute atomic E-state index is 12.2. The van der Waals surface area contributed by atoms with E-state index in [1.807, 2.05) is 13.8 Å². The van der Waals surface area contributed by atoms with Gasteiger partial charge in [0.15, 0.2) is 0 Å². The van der Waals surface area contributed by atoms with Crippen LogP contribution in [-0.2, 0) is 14.3 Å². The molecular weight excluding hydrogens is 232 g/mol. The number of hydrogen-bond acceptors (Lipinski definition) is 4. The first-order valence-corrected chi connectivity index (χ1v) is 6.44. The van der Waals surface area contributed by atoms with Crippen LogP contribution in [-0.4, -0.2) is 35.9 Å². The Morgan fingerprint density at radius 2 is 2.17 bits per heavy atom. The highest BCUT2D eigenvalue weighted by molar-refractivity contribution is 6.05. The molecule has 0 radical (unpaired) electrons. The number of amides is 2. The predicted octanol–water partition coefficient (Wildman–Crippen LogP) is 1.18. The normalized spacial score (nSPS) is 20.9. The number of ether oxygens (including phenoxy) is 1. The Hall–Kier alpha value is -1.36. The van der Waals surface area contributed by atoms with Gasteiger partial charge in [-0.2, -0.15) is 0 Å². The quantitative estimate of drug-likeness (QED) is 0.772. The summed E-state index contributed by atoms with van der Waals surface area (Å²) in [5.74, 6) is -0.0654. The van der Waals surface area contributed by atoms with E-state index < -0.39 is 6.04 Å². The number of carbonyl (C=O) groups is 2. The lowest BCUT2D eigenvalue weighted by Gasteiger charge is -2.26. The van der Waals surface area contributed by atoms with Crippen molar-refractivity contribution >= 4 is 11.8 Å². The Kier molecular flexibility index (Phi) is 5.34. The molecule has 102 valence electrons. The number of methoxy groups -OCH3 is 1.